The van der Waals surface area contributed by atoms with Crippen molar-refractivity contribution in [1.82, 2.24) is 0 Å². The SMILES string of the molecule is CCC(CC(=O)CCOC)OC. The maximum atomic E-state index is 11.2. The number of ketones is 1. The lowest BCUT2D eigenvalue weighted by atomic mass is 10.1. The smallest absolute Gasteiger partial charge is 0.137 e. The van der Waals surface area contributed by atoms with Gasteiger partial charge in [0.25, 0.3) is 0 Å². The summed E-state index contributed by atoms with van der Waals surface area (Å²) >= 11 is 0. The highest BCUT2D eigenvalue weighted by atomic mass is 16.5. The summed E-state index contributed by atoms with van der Waals surface area (Å²) in [4.78, 5) is 11.2. The van der Waals surface area contributed by atoms with Crippen molar-refractivity contribution in [3.8, 4) is 0 Å². The van der Waals surface area contributed by atoms with E-state index in [0.717, 1.165) is 6.42 Å². The minimum absolute atomic E-state index is 0.0781. The van der Waals surface area contributed by atoms with Crippen LogP contribution < -0.4 is 0 Å². The van der Waals surface area contributed by atoms with Gasteiger partial charge in [-0.25, -0.2) is 0 Å². The molecule has 1 unspecified atom stereocenters. The van der Waals surface area contributed by atoms with Gasteiger partial charge in [0.2, 0.25) is 0 Å². The van der Waals surface area contributed by atoms with Crippen LogP contribution >= 0.6 is 0 Å². The first-order chi connectivity index (χ1) is 5.74. The molecular formula is C9H18O3. The van der Waals surface area contributed by atoms with Crippen molar-refractivity contribution < 1.29 is 14.3 Å². The molecule has 72 valence electrons. The minimum atomic E-state index is 0.0781. The summed E-state index contributed by atoms with van der Waals surface area (Å²) in [5.41, 5.74) is 0. The average Bonchev–Trinajstić information content (AvgIpc) is 2.10. The van der Waals surface area contributed by atoms with Crippen LogP contribution in [0.3, 0.4) is 0 Å². The largest absolute Gasteiger partial charge is 0.384 e. The third-order valence-electron chi connectivity index (χ3n) is 1.83. The van der Waals surface area contributed by atoms with Crippen molar-refractivity contribution in [3.05, 3.63) is 0 Å². The molecule has 1 atom stereocenters. The first-order valence-electron chi connectivity index (χ1n) is 4.28. The van der Waals surface area contributed by atoms with Gasteiger partial charge in [0, 0.05) is 27.1 Å². The van der Waals surface area contributed by atoms with Crippen LogP contribution in [0.5, 0.6) is 0 Å². The standard InChI is InChI=1S/C9H18O3/c1-4-9(12-3)7-8(10)5-6-11-2/h9H,4-7H2,1-3H3. The monoisotopic (exact) mass is 174 g/mol. The van der Waals surface area contributed by atoms with Crippen molar-refractivity contribution >= 4 is 5.78 Å². The number of carbonyl (C=O) groups excluding carboxylic acids is 1. The lowest BCUT2D eigenvalue weighted by Crippen LogP contribution is -2.16. The molecule has 0 heterocycles. The highest BCUT2D eigenvalue weighted by Crippen LogP contribution is 2.04. The number of carbonyl (C=O) groups is 1. The molecule has 0 fully saturated rings. The first-order valence-corrected chi connectivity index (χ1v) is 4.28. The fourth-order valence-electron chi connectivity index (χ4n) is 0.966. The third-order valence-corrected chi connectivity index (χ3v) is 1.83. The zero-order chi connectivity index (χ0) is 9.40. The van der Waals surface area contributed by atoms with E-state index in [1.807, 2.05) is 6.92 Å². The summed E-state index contributed by atoms with van der Waals surface area (Å²) in [5, 5.41) is 0. The molecule has 0 radical (unpaired) electrons. The van der Waals surface area contributed by atoms with Crippen molar-refractivity contribution in [1.29, 1.82) is 0 Å². The fraction of sp³-hybridized carbons (Fsp3) is 0.889. The van der Waals surface area contributed by atoms with Gasteiger partial charge in [-0.3, -0.25) is 4.79 Å². The lowest BCUT2D eigenvalue weighted by molar-refractivity contribution is -0.122. The molecule has 12 heavy (non-hydrogen) atoms. The van der Waals surface area contributed by atoms with E-state index in [1.165, 1.54) is 0 Å². The zero-order valence-corrected chi connectivity index (χ0v) is 8.13. The topological polar surface area (TPSA) is 35.5 Å². The number of hydrogen-bond acceptors (Lipinski definition) is 3. The first kappa shape index (κ1) is 11.6. The molecule has 0 aromatic carbocycles. The summed E-state index contributed by atoms with van der Waals surface area (Å²) in [6, 6.07) is 0. The third kappa shape index (κ3) is 5.27. The van der Waals surface area contributed by atoms with Crippen LogP contribution in [0.4, 0.5) is 0 Å². The van der Waals surface area contributed by atoms with Gasteiger partial charge in [0.1, 0.15) is 5.78 Å². The second-order valence-corrected chi connectivity index (χ2v) is 2.75. The van der Waals surface area contributed by atoms with E-state index < -0.39 is 0 Å². The summed E-state index contributed by atoms with van der Waals surface area (Å²) < 4.78 is 9.89. The van der Waals surface area contributed by atoms with Gasteiger partial charge in [0.15, 0.2) is 0 Å². The molecule has 0 rings (SSSR count). The fourth-order valence-corrected chi connectivity index (χ4v) is 0.966. The van der Waals surface area contributed by atoms with Gasteiger partial charge in [0.05, 0.1) is 12.7 Å². The summed E-state index contributed by atoms with van der Waals surface area (Å²) in [7, 11) is 3.23. The quantitative estimate of drug-likeness (QED) is 0.585. The molecule has 0 bridgehead atoms. The number of methoxy groups -OCH3 is 2. The Balaban J connectivity index is 3.52. The molecular weight excluding hydrogens is 156 g/mol. The van der Waals surface area contributed by atoms with E-state index in [4.69, 9.17) is 9.47 Å². The highest BCUT2D eigenvalue weighted by molar-refractivity contribution is 5.78. The van der Waals surface area contributed by atoms with E-state index in [9.17, 15) is 4.79 Å². The van der Waals surface area contributed by atoms with Crippen LogP contribution in [0.1, 0.15) is 26.2 Å². The maximum Gasteiger partial charge on any atom is 0.137 e. The molecule has 0 aromatic heterocycles. The molecule has 0 amide bonds. The second kappa shape index (κ2) is 7.25. The molecule has 0 aliphatic rings. The zero-order valence-electron chi connectivity index (χ0n) is 8.13. The summed E-state index contributed by atoms with van der Waals surface area (Å²) in [5.74, 6) is 0.213. The van der Waals surface area contributed by atoms with Crippen molar-refractivity contribution in [2.45, 2.75) is 32.3 Å². The Labute approximate surface area is 74.0 Å². The van der Waals surface area contributed by atoms with Crippen molar-refractivity contribution in [2.75, 3.05) is 20.8 Å². The van der Waals surface area contributed by atoms with Gasteiger partial charge >= 0.3 is 0 Å². The molecule has 0 saturated carbocycles. The molecule has 3 nitrogen and oxygen atoms in total. The number of Topliss-reactive ketones (excluding diaryl/α,β-unsaturated/α-hetero) is 1. The molecule has 3 heteroatoms. The molecule has 0 aromatic rings. The number of rotatable bonds is 7. The van der Waals surface area contributed by atoms with E-state index in [1.54, 1.807) is 14.2 Å². The molecule has 0 saturated heterocycles. The van der Waals surface area contributed by atoms with Crippen LogP contribution in [0.25, 0.3) is 0 Å². The molecule has 0 aliphatic heterocycles. The van der Waals surface area contributed by atoms with Crippen molar-refractivity contribution in [3.63, 3.8) is 0 Å². The molecule has 0 aliphatic carbocycles. The van der Waals surface area contributed by atoms with E-state index in [2.05, 4.69) is 0 Å². The van der Waals surface area contributed by atoms with E-state index in [-0.39, 0.29) is 11.9 Å². The van der Waals surface area contributed by atoms with E-state index in [0.29, 0.717) is 19.4 Å². The van der Waals surface area contributed by atoms with Gasteiger partial charge in [-0.2, -0.15) is 0 Å². The maximum absolute atomic E-state index is 11.2. The Morgan fingerprint density at radius 3 is 2.50 bits per heavy atom. The Bertz CT molecular complexity index is 119. The van der Waals surface area contributed by atoms with Gasteiger partial charge in [-0.1, -0.05) is 6.92 Å². The van der Waals surface area contributed by atoms with Crippen LogP contribution in [0, 0.1) is 0 Å². The predicted octanol–water partition coefficient (Wildman–Crippen LogP) is 1.41. The number of ether oxygens (including phenoxy) is 2. The average molecular weight is 174 g/mol. The summed E-state index contributed by atoms with van der Waals surface area (Å²) in [6.45, 7) is 2.52. The minimum Gasteiger partial charge on any atom is -0.384 e. The van der Waals surface area contributed by atoms with Crippen LogP contribution in [0.2, 0.25) is 0 Å². The van der Waals surface area contributed by atoms with Gasteiger partial charge < -0.3 is 9.47 Å². The van der Waals surface area contributed by atoms with Crippen LogP contribution in [-0.4, -0.2) is 32.7 Å². The van der Waals surface area contributed by atoms with Gasteiger partial charge in [-0.15, -0.1) is 0 Å². The van der Waals surface area contributed by atoms with E-state index >= 15 is 0 Å². The normalized spacial score (nSPS) is 12.9. The summed E-state index contributed by atoms with van der Waals surface area (Å²) in [6.07, 6.45) is 1.97. The highest BCUT2D eigenvalue weighted by Gasteiger charge is 2.10. The Kier molecular flexibility index (Phi) is 7.00. The molecule has 0 spiro atoms. The Morgan fingerprint density at radius 2 is 2.08 bits per heavy atom. The Morgan fingerprint density at radius 1 is 1.42 bits per heavy atom. The molecule has 0 N–H and O–H groups in total. The predicted molar refractivity (Wildman–Crippen MR) is 47.2 cm³/mol. The Hall–Kier alpha value is -0.410. The number of hydrogen-bond donors (Lipinski definition) is 0. The van der Waals surface area contributed by atoms with Gasteiger partial charge in [-0.05, 0) is 6.42 Å². The van der Waals surface area contributed by atoms with Crippen LogP contribution in [-0.2, 0) is 14.3 Å². The second-order valence-electron chi connectivity index (χ2n) is 2.75. The lowest BCUT2D eigenvalue weighted by Gasteiger charge is -2.11. The van der Waals surface area contributed by atoms with Crippen molar-refractivity contribution in [2.24, 2.45) is 0 Å². The van der Waals surface area contributed by atoms with Crippen LogP contribution in [0.15, 0.2) is 0 Å².